The van der Waals surface area contributed by atoms with Gasteiger partial charge in [0.2, 0.25) is 27.7 Å². The largest absolute Gasteiger partial charge is 0.493 e. The minimum absolute atomic E-state index is 0.115. The van der Waals surface area contributed by atoms with Gasteiger partial charge in [-0.25, -0.2) is 18.5 Å². The average molecular weight is 681 g/mol. The van der Waals surface area contributed by atoms with E-state index < -0.39 is 43.8 Å². The van der Waals surface area contributed by atoms with E-state index in [4.69, 9.17) is 14.6 Å². The van der Waals surface area contributed by atoms with E-state index in [0.717, 1.165) is 28.7 Å². The Bertz CT molecular complexity index is 2040. The summed E-state index contributed by atoms with van der Waals surface area (Å²) in [6.45, 7) is 1.53. The van der Waals surface area contributed by atoms with E-state index in [9.17, 15) is 27.6 Å². The zero-order chi connectivity index (χ0) is 32.9. The Labute approximate surface area is 272 Å². The molecular formula is C31H28N4O8S3. The molecule has 2 unspecified atom stereocenters. The number of hydrogen-bond acceptors (Lipinski definition) is 10. The second-order valence-corrected chi connectivity index (χ2v) is 14.4. The molecule has 6 rings (SSSR count). The van der Waals surface area contributed by atoms with E-state index in [1.165, 1.54) is 48.0 Å². The van der Waals surface area contributed by atoms with E-state index in [2.05, 4.69) is 5.32 Å². The number of thioether (sulfide) groups is 1. The maximum absolute atomic E-state index is 14.1. The average Bonchev–Trinajstić information content (AvgIpc) is 3.47. The van der Waals surface area contributed by atoms with Gasteiger partial charge in [-0.05, 0) is 61.0 Å². The van der Waals surface area contributed by atoms with Crippen molar-refractivity contribution in [3.8, 4) is 11.5 Å². The number of aryl methyl sites for hydroxylation is 1. The Balaban J connectivity index is 1.40. The molecule has 4 aromatic rings. The van der Waals surface area contributed by atoms with Crippen molar-refractivity contribution in [2.75, 3.05) is 24.4 Å². The molecule has 46 heavy (non-hydrogen) atoms. The first-order chi connectivity index (χ1) is 21.9. The number of methoxy groups -OCH3 is 2. The van der Waals surface area contributed by atoms with Gasteiger partial charge in [-0.2, -0.15) is 0 Å². The summed E-state index contributed by atoms with van der Waals surface area (Å²) in [7, 11) is -0.912. The van der Waals surface area contributed by atoms with Gasteiger partial charge in [0.1, 0.15) is 11.8 Å². The van der Waals surface area contributed by atoms with Crippen LogP contribution in [0, 0.1) is 12.8 Å². The molecule has 0 spiro atoms. The number of aromatic nitrogens is 1. The van der Waals surface area contributed by atoms with Crippen LogP contribution < -0.4 is 29.7 Å². The van der Waals surface area contributed by atoms with Gasteiger partial charge in [0.05, 0.1) is 35.7 Å². The Morgan fingerprint density at radius 2 is 1.61 bits per heavy atom. The van der Waals surface area contributed by atoms with E-state index >= 15 is 0 Å². The summed E-state index contributed by atoms with van der Waals surface area (Å²) in [6.07, 6.45) is 0. The second kappa shape index (κ2) is 12.1. The van der Waals surface area contributed by atoms with Crippen molar-refractivity contribution in [3.63, 3.8) is 0 Å². The summed E-state index contributed by atoms with van der Waals surface area (Å²) in [5, 5.41) is 7.36. The van der Waals surface area contributed by atoms with Gasteiger partial charge in [0.15, 0.2) is 11.5 Å². The smallest absolute Gasteiger partial charge is 0.308 e. The number of benzene rings is 3. The van der Waals surface area contributed by atoms with Crippen molar-refractivity contribution < 1.29 is 32.3 Å². The van der Waals surface area contributed by atoms with Crippen LogP contribution in [0.5, 0.6) is 11.5 Å². The number of anilines is 2. The minimum atomic E-state index is -3.91. The normalized spacial score (nSPS) is 19.0. The molecule has 15 heteroatoms. The Hall–Kier alpha value is -4.44. The number of nitrogens with two attached hydrogens (primary N) is 1. The highest BCUT2D eigenvalue weighted by Crippen LogP contribution is 2.54. The number of carbonyl (C=O) groups excluding carboxylic acids is 3. The lowest BCUT2D eigenvalue weighted by Crippen LogP contribution is -2.33. The van der Waals surface area contributed by atoms with Gasteiger partial charge in [0, 0.05) is 16.5 Å². The van der Waals surface area contributed by atoms with Gasteiger partial charge in [-0.15, -0.1) is 0 Å². The highest BCUT2D eigenvalue weighted by molar-refractivity contribution is 8.00. The Morgan fingerprint density at radius 3 is 2.24 bits per heavy atom. The Morgan fingerprint density at radius 1 is 0.935 bits per heavy atom. The number of ether oxygens (including phenoxy) is 2. The van der Waals surface area contributed by atoms with Crippen LogP contribution in [0.15, 0.2) is 81.4 Å². The van der Waals surface area contributed by atoms with E-state index in [-0.39, 0.29) is 17.3 Å². The molecule has 2 aliphatic rings. The zero-order valence-electron chi connectivity index (χ0n) is 24.8. The van der Waals surface area contributed by atoms with Crippen LogP contribution in [0.1, 0.15) is 21.9 Å². The van der Waals surface area contributed by atoms with Crippen LogP contribution >= 0.6 is 23.1 Å². The predicted molar refractivity (Wildman–Crippen MR) is 173 cm³/mol. The van der Waals surface area contributed by atoms with Crippen molar-refractivity contribution in [1.29, 1.82) is 0 Å². The summed E-state index contributed by atoms with van der Waals surface area (Å²) in [4.78, 5) is 55.8. The fourth-order valence-electron chi connectivity index (χ4n) is 5.68. The number of imide groups is 1. The topological polar surface area (TPSA) is 167 Å². The second-order valence-electron chi connectivity index (χ2n) is 10.7. The third-order valence-corrected chi connectivity index (χ3v) is 11.4. The van der Waals surface area contributed by atoms with Crippen LogP contribution in [-0.2, 0) is 31.0 Å². The first-order valence-electron chi connectivity index (χ1n) is 13.9. The van der Waals surface area contributed by atoms with Crippen LogP contribution in [0.25, 0.3) is 0 Å². The fraction of sp³-hybridized carbons (Fsp3) is 0.226. The quantitative estimate of drug-likeness (QED) is 0.266. The first kappa shape index (κ1) is 31.5. The van der Waals surface area contributed by atoms with Crippen LogP contribution in [0.2, 0.25) is 0 Å². The lowest BCUT2D eigenvalue weighted by atomic mass is 9.83. The lowest BCUT2D eigenvalue weighted by molar-refractivity contribution is -0.122. The molecular weight excluding hydrogens is 653 g/mol. The molecule has 3 N–H and O–H groups in total. The van der Waals surface area contributed by atoms with E-state index in [1.807, 2.05) is 19.1 Å². The molecule has 12 nitrogen and oxygen atoms in total. The first-order valence-corrected chi connectivity index (χ1v) is 17.1. The van der Waals surface area contributed by atoms with E-state index in [1.54, 1.807) is 30.3 Å². The number of amides is 3. The van der Waals surface area contributed by atoms with Gasteiger partial charge in [-0.3, -0.25) is 23.7 Å². The highest BCUT2D eigenvalue weighted by atomic mass is 32.2. The molecule has 1 fully saturated rings. The van der Waals surface area contributed by atoms with Crippen molar-refractivity contribution in [3.05, 3.63) is 92.4 Å². The minimum Gasteiger partial charge on any atom is -0.493 e. The lowest BCUT2D eigenvalue weighted by Gasteiger charge is -2.31. The Kier molecular flexibility index (Phi) is 8.27. The van der Waals surface area contributed by atoms with Crippen LogP contribution in [0.4, 0.5) is 11.4 Å². The number of rotatable bonds is 8. The molecule has 3 aromatic carbocycles. The molecule has 1 saturated heterocycles. The van der Waals surface area contributed by atoms with Crippen LogP contribution in [0.3, 0.4) is 0 Å². The number of nitrogens with one attached hydrogen (secondary N) is 1. The van der Waals surface area contributed by atoms with E-state index in [0.29, 0.717) is 38.3 Å². The molecule has 3 atom stereocenters. The number of thiazole rings is 1. The molecule has 3 amide bonds. The zero-order valence-corrected chi connectivity index (χ0v) is 27.2. The van der Waals surface area contributed by atoms with Crippen molar-refractivity contribution >= 4 is 62.2 Å². The molecule has 2 aliphatic heterocycles. The summed E-state index contributed by atoms with van der Waals surface area (Å²) in [5.74, 6) is -1.98. The maximum atomic E-state index is 14.1. The number of carbonyl (C=O) groups is 3. The molecule has 0 saturated carbocycles. The SMILES string of the molecule is COc1ccc([C@H]2c3sc(=O)n(CC(=O)Nc4ccc(S(N)(=O)=O)cc4)c3SC3C(=O)N(c4ccc(C)cc4)C(=O)C32)cc1OC. The van der Waals surface area contributed by atoms with Crippen molar-refractivity contribution in [2.24, 2.45) is 11.1 Å². The van der Waals surface area contributed by atoms with Gasteiger partial charge in [-0.1, -0.05) is 46.9 Å². The van der Waals surface area contributed by atoms with Crippen molar-refractivity contribution in [2.45, 2.75) is 34.6 Å². The van der Waals surface area contributed by atoms with Gasteiger partial charge in [0.25, 0.3) is 0 Å². The summed E-state index contributed by atoms with van der Waals surface area (Å²) >= 11 is 2.02. The number of nitrogens with zero attached hydrogens (tertiary/aromatic N) is 2. The molecule has 1 aromatic heterocycles. The monoisotopic (exact) mass is 680 g/mol. The third kappa shape index (κ3) is 5.59. The van der Waals surface area contributed by atoms with Crippen LogP contribution in [-0.4, -0.2) is 50.2 Å². The number of hydrogen-bond donors (Lipinski definition) is 2. The number of primary sulfonamides is 1. The van der Waals surface area contributed by atoms with Crippen molar-refractivity contribution in [1.82, 2.24) is 4.57 Å². The number of fused-ring (bicyclic) bond motifs is 2. The maximum Gasteiger partial charge on any atom is 0.308 e. The molecule has 0 bridgehead atoms. The highest BCUT2D eigenvalue weighted by Gasteiger charge is 2.57. The standard InChI is InChI=1S/C31H28N4O8S3/c1-16-4-9-19(10-5-16)35-28(37)25-24(17-6-13-21(42-2)22(14-17)43-3)27-30(44-26(25)29(35)38)34(31(39)45-27)15-23(36)33-18-7-11-20(12-8-18)46(32,40)41/h4-14,24-26H,15H2,1-3H3,(H,33,36)(H2,32,40,41)/t24-,25?,26?/m1/s1. The summed E-state index contributed by atoms with van der Waals surface area (Å²) in [5.41, 5.74) is 2.38. The van der Waals surface area contributed by atoms with Gasteiger partial charge >= 0.3 is 4.87 Å². The van der Waals surface area contributed by atoms with Gasteiger partial charge < -0.3 is 14.8 Å². The summed E-state index contributed by atoms with van der Waals surface area (Å²) < 4.78 is 35.4. The molecule has 3 heterocycles. The fourth-order valence-corrected chi connectivity index (χ4v) is 8.97. The number of sulfonamides is 1. The molecule has 0 radical (unpaired) electrons. The molecule has 0 aliphatic carbocycles. The molecule has 238 valence electrons. The summed E-state index contributed by atoms with van der Waals surface area (Å²) in [6, 6.07) is 17.6. The third-order valence-electron chi connectivity index (χ3n) is 7.88. The predicted octanol–water partition coefficient (Wildman–Crippen LogP) is 3.32.